The Kier molecular flexibility index (Phi) is 5.44. The average Bonchev–Trinajstić information content (AvgIpc) is 3.18. The molecule has 2 N–H and O–H groups in total. The monoisotopic (exact) mass is 403 g/mol. The van der Waals surface area contributed by atoms with E-state index in [2.05, 4.69) is 61.9 Å². The molecule has 7 nitrogen and oxygen atoms in total. The van der Waals surface area contributed by atoms with E-state index in [0.29, 0.717) is 23.1 Å². The van der Waals surface area contributed by atoms with E-state index in [-0.39, 0.29) is 0 Å². The highest BCUT2D eigenvalue weighted by atomic mass is 32.1. The van der Waals surface area contributed by atoms with Crippen LogP contribution in [0.1, 0.15) is 18.1 Å². The predicted octanol–water partition coefficient (Wildman–Crippen LogP) is 3.55. The number of rotatable bonds is 5. The van der Waals surface area contributed by atoms with Crippen molar-refractivity contribution in [1.82, 2.24) is 30.0 Å². The van der Waals surface area contributed by atoms with E-state index in [0.717, 1.165) is 23.3 Å². The fourth-order valence-corrected chi connectivity index (χ4v) is 3.14. The predicted molar refractivity (Wildman–Crippen MR) is 119 cm³/mol. The molecular weight excluding hydrogens is 382 g/mol. The van der Waals surface area contributed by atoms with Gasteiger partial charge in [0.15, 0.2) is 10.8 Å². The van der Waals surface area contributed by atoms with Crippen LogP contribution in [-0.4, -0.2) is 36.4 Å². The van der Waals surface area contributed by atoms with Crippen LogP contribution < -0.4 is 10.6 Å². The van der Waals surface area contributed by atoms with Crippen LogP contribution in [0.3, 0.4) is 0 Å². The molecule has 0 unspecified atom stereocenters. The summed E-state index contributed by atoms with van der Waals surface area (Å²) in [5.74, 6) is 0.630. The van der Waals surface area contributed by atoms with E-state index in [1.165, 1.54) is 11.1 Å². The van der Waals surface area contributed by atoms with Gasteiger partial charge in [0, 0.05) is 18.3 Å². The molecule has 0 aliphatic rings. The van der Waals surface area contributed by atoms with Gasteiger partial charge in [-0.1, -0.05) is 29.8 Å². The third-order valence-electron chi connectivity index (χ3n) is 4.38. The van der Waals surface area contributed by atoms with Crippen LogP contribution >= 0.6 is 12.2 Å². The number of anilines is 1. The highest BCUT2D eigenvalue weighted by molar-refractivity contribution is 7.80. The second kappa shape index (κ2) is 8.32. The minimum atomic E-state index is 0.529. The second-order valence-corrected chi connectivity index (χ2v) is 7.10. The van der Waals surface area contributed by atoms with Crippen molar-refractivity contribution in [3.05, 3.63) is 66.1 Å². The second-order valence-electron chi connectivity index (χ2n) is 6.69. The van der Waals surface area contributed by atoms with Gasteiger partial charge < -0.3 is 10.6 Å². The minimum absolute atomic E-state index is 0.529. The third-order valence-corrected chi connectivity index (χ3v) is 4.63. The van der Waals surface area contributed by atoms with Gasteiger partial charge >= 0.3 is 0 Å². The molecule has 29 heavy (non-hydrogen) atoms. The molecule has 3 heterocycles. The van der Waals surface area contributed by atoms with Gasteiger partial charge in [-0.2, -0.15) is 5.10 Å². The molecule has 146 valence electrons. The first-order chi connectivity index (χ1) is 14.1. The van der Waals surface area contributed by atoms with Crippen LogP contribution in [-0.2, 0) is 6.54 Å². The number of nitrogens with zero attached hydrogens (tertiary/aromatic N) is 5. The zero-order valence-corrected chi connectivity index (χ0v) is 17.1. The van der Waals surface area contributed by atoms with Crippen LogP contribution in [0.5, 0.6) is 0 Å². The van der Waals surface area contributed by atoms with E-state index in [9.17, 15) is 0 Å². The Labute approximate surface area is 174 Å². The summed E-state index contributed by atoms with van der Waals surface area (Å²) in [5, 5.41) is 11.1. The summed E-state index contributed by atoms with van der Waals surface area (Å²) in [7, 11) is 0. The first-order valence-electron chi connectivity index (χ1n) is 9.38. The van der Waals surface area contributed by atoms with Gasteiger partial charge in [0.05, 0.1) is 24.6 Å². The summed E-state index contributed by atoms with van der Waals surface area (Å²) in [5.41, 5.74) is 5.35. The standard InChI is InChI=1S/C21H21N7S/c1-3-22-21(29)27-19-9-8-17-20(26-19)25-18(11-23-17)16-10-24-28(13-16)12-15-6-4-14(2)5-7-15/h4-11,13H,3,12H2,1-2H3,(H2,22,25,26,27,29). The van der Waals surface area contributed by atoms with Crippen LogP contribution in [0.2, 0.25) is 0 Å². The Morgan fingerprint density at radius 3 is 2.69 bits per heavy atom. The summed E-state index contributed by atoms with van der Waals surface area (Å²) in [4.78, 5) is 13.7. The summed E-state index contributed by atoms with van der Waals surface area (Å²) >= 11 is 5.21. The number of fused-ring (bicyclic) bond motifs is 1. The molecule has 4 aromatic rings. The van der Waals surface area contributed by atoms with Crippen LogP contribution in [0.25, 0.3) is 22.4 Å². The fourth-order valence-electron chi connectivity index (χ4n) is 2.89. The van der Waals surface area contributed by atoms with Gasteiger partial charge in [-0.15, -0.1) is 0 Å². The minimum Gasteiger partial charge on any atom is -0.363 e. The number of thiocarbonyl (C=S) groups is 1. The van der Waals surface area contributed by atoms with Crippen LogP contribution in [0.4, 0.5) is 5.82 Å². The highest BCUT2D eigenvalue weighted by Gasteiger charge is 2.08. The highest BCUT2D eigenvalue weighted by Crippen LogP contribution is 2.19. The zero-order chi connectivity index (χ0) is 20.2. The van der Waals surface area contributed by atoms with E-state index < -0.39 is 0 Å². The van der Waals surface area contributed by atoms with Gasteiger partial charge in [-0.25, -0.2) is 9.97 Å². The lowest BCUT2D eigenvalue weighted by Gasteiger charge is -2.08. The number of aryl methyl sites for hydroxylation is 1. The smallest absolute Gasteiger partial charge is 0.180 e. The Bertz CT molecular complexity index is 1150. The van der Waals surface area contributed by atoms with E-state index in [4.69, 9.17) is 12.2 Å². The fraction of sp³-hybridized carbons (Fsp3) is 0.190. The van der Waals surface area contributed by atoms with Crippen molar-refractivity contribution in [3.8, 4) is 11.3 Å². The maximum absolute atomic E-state index is 5.21. The van der Waals surface area contributed by atoms with Gasteiger partial charge in [0.25, 0.3) is 0 Å². The quantitative estimate of drug-likeness (QED) is 0.493. The lowest BCUT2D eigenvalue weighted by molar-refractivity contribution is 0.687. The molecule has 3 aromatic heterocycles. The van der Waals surface area contributed by atoms with Crippen molar-refractivity contribution in [2.45, 2.75) is 20.4 Å². The molecule has 0 radical (unpaired) electrons. The topological polar surface area (TPSA) is 80.5 Å². The van der Waals surface area contributed by atoms with E-state index >= 15 is 0 Å². The Morgan fingerprint density at radius 2 is 1.90 bits per heavy atom. The van der Waals surface area contributed by atoms with Crippen LogP contribution in [0, 0.1) is 6.92 Å². The molecule has 0 atom stereocenters. The SMILES string of the molecule is CCNC(=S)Nc1ccc2ncc(-c3cnn(Cc4ccc(C)cc4)c3)nc2n1. The third kappa shape index (κ3) is 4.55. The number of hydrogen-bond acceptors (Lipinski definition) is 5. The molecular formula is C21H21N7S. The van der Waals surface area contributed by atoms with Crippen molar-refractivity contribution in [2.24, 2.45) is 0 Å². The Balaban J connectivity index is 1.56. The summed E-state index contributed by atoms with van der Waals surface area (Å²) in [6.07, 6.45) is 5.51. The number of benzene rings is 1. The van der Waals surface area contributed by atoms with Crippen molar-refractivity contribution >= 4 is 34.3 Å². The van der Waals surface area contributed by atoms with E-state index in [1.807, 2.05) is 29.9 Å². The average molecular weight is 404 g/mol. The molecule has 0 fully saturated rings. The molecule has 0 spiro atoms. The van der Waals surface area contributed by atoms with Gasteiger partial charge in [0.2, 0.25) is 0 Å². The van der Waals surface area contributed by atoms with Gasteiger partial charge in [-0.3, -0.25) is 9.67 Å². The van der Waals surface area contributed by atoms with E-state index in [1.54, 1.807) is 12.4 Å². The van der Waals surface area contributed by atoms with Crippen molar-refractivity contribution < 1.29 is 0 Å². The normalized spacial score (nSPS) is 10.8. The molecule has 1 aromatic carbocycles. The maximum Gasteiger partial charge on any atom is 0.180 e. The Hall–Kier alpha value is -3.39. The molecule has 0 saturated carbocycles. The molecule has 8 heteroatoms. The largest absolute Gasteiger partial charge is 0.363 e. The first kappa shape index (κ1) is 18.9. The first-order valence-corrected chi connectivity index (χ1v) is 9.78. The lowest BCUT2D eigenvalue weighted by atomic mass is 10.1. The number of nitrogens with one attached hydrogen (secondary N) is 2. The maximum atomic E-state index is 5.21. The zero-order valence-electron chi connectivity index (χ0n) is 16.3. The van der Waals surface area contributed by atoms with Crippen molar-refractivity contribution in [3.63, 3.8) is 0 Å². The van der Waals surface area contributed by atoms with Crippen molar-refractivity contribution in [1.29, 1.82) is 0 Å². The molecule has 0 amide bonds. The van der Waals surface area contributed by atoms with Gasteiger partial charge in [0.1, 0.15) is 11.3 Å². The molecule has 0 bridgehead atoms. The molecule has 0 aliphatic heterocycles. The molecule has 0 saturated heterocycles. The number of pyridine rings is 1. The number of hydrogen-bond donors (Lipinski definition) is 2. The number of aromatic nitrogens is 5. The van der Waals surface area contributed by atoms with Crippen molar-refractivity contribution in [2.75, 3.05) is 11.9 Å². The summed E-state index contributed by atoms with van der Waals surface area (Å²) < 4.78 is 1.89. The molecule has 4 rings (SSSR count). The summed E-state index contributed by atoms with van der Waals surface area (Å²) in [6.45, 7) is 5.51. The van der Waals surface area contributed by atoms with Gasteiger partial charge in [-0.05, 0) is 43.8 Å². The lowest BCUT2D eigenvalue weighted by Crippen LogP contribution is -2.28. The Morgan fingerprint density at radius 1 is 1.07 bits per heavy atom. The van der Waals surface area contributed by atoms with Crippen LogP contribution in [0.15, 0.2) is 55.0 Å². The summed E-state index contributed by atoms with van der Waals surface area (Å²) in [6, 6.07) is 12.1. The molecule has 0 aliphatic carbocycles.